The Morgan fingerprint density at radius 1 is 1.04 bits per heavy atom. The third-order valence-electron chi connectivity index (χ3n) is 4.73. The third kappa shape index (κ3) is 3.29. The Morgan fingerprint density at radius 2 is 1.92 bits per heavy atom. The van der Waals surface area contributed by atoms with Crippen LogP contribution in [0.1, 0.15) is 48.2 Å². The molecule has 7 nitrogen and oxygen atoms in total. The molecule has 0 aromatic carbocycles. The first-order chi connectivity index (χ1) is 12.6. The molecule has 1 aliphatic heterocycles. The van der Waals surface area contributed by atoms with Gasteiger partial charge in [0.25, 0.3) is 0 Å². The second kappa shape index (κ2) is 6.82. The lowest BCUT2D eigenvalue weighted by atomic mass is 9.98. The highest BCUT2D eigenvalue weighted by molar-refractivity contribution is 5.51. The molecule has 1 N–H and O–H groups in total. The summed E-state index contributed by atoms with van der Waals surface area (Å²) in [7, 11) is 0. The SMILES string of the molecule is Cc1cc(N2CCCC[C@@H]2c2cc(-c3ncc(C)[nH]3)nc(C)n2)ncn1. The van der Waals surface area contributed by atoms with Crippen molar-refractivity contribution < 1.29 is 0 Å². The average Bonchev–Trinajstić information content (AvgIpc) is 3.08. The summed E-state index contributed by atoms with van der Waals surface area (Å²) in [6.07, 6.45) is 6.86. The van der Waals surface area contributed by atoms with E-state index in [1.165, 1.54) is 6.42 Å². The number of nitrogens with zero attached hydrogens (tertiary/aromatic N) is 6. The molecule has 3 aromatic heterocycles. The zero-order valence-electron chi connectivity index (χ0n) is 15.4. The van der Waals surface area contributed by atoms with Gasteiger partial charge in [-0.15, -0.1) is 0 Å². The quantitative estimate of drug-likeness (QED) is 0.781. The van der Waals surface area contributed by atoms with Gasteiger partial charge in [0.05, 0.1) is 11.7 Å². The minimum atomic E-state index is 0.189. The molecule has 134 valence electrons. The zero-order valence-corrected chi connectivity index (χ0v) is 15.4. The third-order valence-corrected chi connectivity index (χ3v) is 4.73. The fourth-order valence-corrected chi connectivity index (χ4v) is 3.54. The minimum Gasteiger partial charge on any atom is -0.348 e. The summed E-state index contributed by atoms with van der Waals surface area (Å²) >= 11 is 0. The van der Waals surface area contributed by atoms with E-state index >= 15 is 0 Å². The molecule has 0 bridgehead atoms. The summed E-state index contributed by atoms with van der Waals surface area (Å²) in [5.74, 6) is 2.51. The number of piperidine rings is 1. The van der Waals surface area contributed by atoms with E-state index in [1.54, 1.807) is 6.33 Å². The van der Waals surface area contributed by atoms with Crippen molar-refractivity contribution in [1.82, 2.24) is 29.9 Å². The maximum atomic E-state index is 4.75. The van der Waals surface area contributed by atoms with Crippen molar-refractivity contribution in [2.45, 2.75) is 46.1 Å². The van der Waals surface area contributed by atoms with Crippen LogP contribution in [0.5, 0.6) is 0 Å². The smallest absolute Gasteiger partial charge is 0.156 e. The summed E-state index contributed by atoms with van der Waals surface area (Å²) in [6.45, 7) is 6.90. The first-order valence-corrected chi connectivity index (χ1v) is 9.03. The van der Waals surface area contributed by atoms with Gasteiger partial charge in [0.2, 0.25) is 0 Å². The Kier molecular flexibility index (Phi) is 4.36. The van der Waals surface area contributed by atoms with Crippen molar-refractivity contribution in [2.75, 3.05) is 11.4 Å². The van der Waals surface area contributed by atoms with Crippen LogP contribution in [-0.4, -0.2) is 36.4 Å². The Labute approximate surface area is 153 Å². The number of aromatic nitrogens is 6. The molecule has 4 heterocycles. The van der Waals surface area contributed by atoms with Crippen LogP contribution in [0.15, 0.2) is 24.7 Å². The number of H-pyrrole nitrogens is 1. The summed E-state index contributed by atoms with van der Waals surface area (Å²) in [5, 5.41) is 0. The van der Waals surface area contributed by atoms with E-state index in [0.29, 0.717) is 0 Å². The Morgan fingerprint density at radius 3 is 2.69 bits per heavy atom. The molecule has 1 aliphatic rings. The van der Waals surface area contributed by atoms with Crippen LogP contribution >= 0.6 is 0 Å². The van der Waals surface area contributed by atoms with Gasteiger partial charge < -0.3 is 9.88 Å². The van der Waals surface area contributed by atoms with Crippen molar-refractivity contribution in [3.8, 4) is 11.5 Å². The molecular weight excluding hydrogens is 326 g/mol. The van der Waals surface area contributed by atoms with Gasteiger partial charge >= 0.3 is 0 Å². The topological polar surface area (TPSA) is 83.5 Å². The predicted molar refractivity (Wildman–Crippen MR) is 99.8 cm³/mol. The lowest BCUT2D eigenvalue weighted by molar-refractivity contribution is 0.460. The normalized spacial score (nSPS) is 17.5. The number of nitrogens with one attached hydrogen (secondary N) is 1. The Hall–Kier alpha value is -2.83. The van der Waals surface area contributed by atoms with Crippen molar-refractivity contribution in [2.24, 2.45) is 0 Å². The average molecular weight is 349 g/mol. The van der Waals surface area contributed by atoms with E-state index in [4.69, 9.17) is 4.98 Å². The second-order valence-electron chi connectivity index (χ2n) is 6.86. The van der Waals surface area contributed by atoms with Gasteiger partial charge in [0.1, 0.15) is 23.7 Å². The van der Waals surface area contributed by atoms with Gasteiger partial charge in [-0.3, -0.25) is 0 Å². The number of aryl methyl sites for hydroxylation is 3. The molecule has 1 saturated heterocycles. The maximum Gasteiger partial charge on any atom is 0.156 e. The highest BCUT2D eigenvalue weighted by Gasteiger charge is 2.27. The molecule has 0 aliphatic carbocycles. The van der Waals surface area contributed by atoms with Gasteiger partial charge in [0, 0.05) is 30.2 Å². The monoisotopic (exact) mass is 349 g/mol. The Balaban J connectivity index is 1.73. The van der Waals surface area contributed by atoms with E-state index in [0.717, 1.165) is 59.6 Å². The number of hydrogen-bond donors (Lipinski definition) is 1. The molecule has 0 amide bonds. The molecule has 3 aromatic rings. The Bertz CT molecular complexity index is 918. The molecule has 0 spiro atoms. The minimum absolute atomic E-state index is 0.189. The van der Waals surface area contributed by atoms with E-state index in [9.17, 15) is 0 Å². The summed E-state index contributed by atoms with van der Waals surface area (Å²) in [4.78, 5) is 28.1. The molecule has 26 heavy (non-hydrogen) atoms. The molecule has 7 heteroatoms. The van der Waals surface area contributed by atoms with E-state index in [2.05, 4.69) is 35.9 Å². The molecule has 4 rings (SSSR count). The number of aromatic amines is 1. The highest BCUT2D eigenvalue weighted by atomic mass is 15.2. The molecule has 0 saturated carbocycles. The standard InChI is InChI=1S/C19H23N7/c1-12-8-18(22-11-21-12)26-7-5-4-6-17(26)15-9-16(25-14(3)24-15)19-20-10-13(2)23-19/h8-11,17H,4-7H2,1-3H3,(H,20,23)/t17-/m1/s1. The van der Waals surface area contributed by atoms with Crippen LogP contribution in [0.2, 0.25) is 0 Å². The van der Waals surface area contributed by atoms with Crippen molar-refractivity contribution >= 4 is 5.82 Å². The van der Waals surface area contributed by atoms with E-state index in [-0.39, 0.29) is 6.04 Å². The molecular formula is C19H23N7. The van der Waals surface area contributed by atoms with Gasteiger partial charge in [-0.2, -0.15) is 0 Å². The van der Waals surface area contributed by atoms with Crippen molar-refractivity contribution in [3.63, 3.8) is 0 Å². The van der Waals surface area contributed by atoms with E-state index < -0.39 is 0 Å². The van der Waals surface area contributed by atoms with Crippen LogP contribution in [-0.2, 0) is 0 Å². The lowest BCUT2D eigenvalue weighted by Crippen LogP contribution is -2.34. The maximum absolute atomic E-state index is 4.75. The summed E-state index contributed by atoms with van der Waals surface area (Å²) in [6, 6.07) is 4.29. The number of hydrogen-bond acceptors (Lipinski definition) is 6. The zero-order chi connectivity index (χ0) is 18.1. The van der Waals surface area contributed by atoms with Gasteiger partial charge in [0.15, 0.2) is 5.82 Å². The highest BCUT2D eigenvalue weighted by Crippen LogP contribution is 2.34. The first-order valence-electron chi connectivity index (χ1n) is 9.03. The lowest BCUT2D eigenvalue weighted by Gasteiger charge is -2.36. The van der Waals surface area contributed by atoms with Gasteiger partial charge in [-0.25, -0.2) is 24.9 Å². The van der Waals surface area contributed by atoms with Crippen LogP contribution in [0.3, 0.4) is 0 Å². The molecule has 0 unspecified atom stereocenters. The largest absolute Gasteiger partial charge is 0.348 e. The van der Waals surface area contributed by atoms with E-state index in [1.807, 2.05) is 33.0 Å². The second-order valence-corrected chi connectivity index (χ2v) is 6.86. The van der Waals surface area contributed by atoms with Crippen LogP contribution < -0.4 is 4.90 Å². The summed E-state index contributed by atoms with van der Waals surface area (Å²) in [5.41, 5.74) is 3.86. The molecule has 1 atom stereocenters. The number of anilines is 1. The van der Waals surface area contributed by atoms with Crippen LogP contribution in [0.4, 0.5) is 5.82 Å². The molecule has 0 radical (unpaired) electrons. The van der Waals surface area contributed by atoms with Crippen molar-refractivity contribution in [3.05, 3.63) is 47.6 Å². The predicted octanol–water partition coefficient (Wildman–Crippen LogP) is 3.31. The van der Waals surface area contributed by atoms with Crippen LogP contribution in [0, 0.1) is 20.8 Å². The first kappa shape index (κ1) is 16.6. The van der Waals surface area contributed by atoms with Crippen molar-refractivity contribution in [1.29, 1.82) is 0 Å². The van der Waals surface area contributed by atoms with Crippen LogP contribution in [0.25, 0.3) is 11.5 Å². The van der Waals surface area contributed by atoms with Gasteiger partial charge in [-0.05, 0) is 46.1 Å². The number of rotatable bonds is 3. The number of imidazole rings is 1. The van der Waals surface area contributed by atoms with Gasteiger partial charge in [-0.1, -0.05) is 0 Å². The summed E-state index contributed by atoms with van der Waals surface area (Å²) < 4.78 is 0. The molecule has 1 fully saturated rings. The fraction of sp³-hybridized carbons (Fsp3) is 0.421. The fourth-order valence-electron chi connectivity index (χ4n) is 3.54.